The molecule has 0 aromatic heterocycles. The van der Waals surface area contributed by atoms with Crippen molar-refractivity contribution in [2.45, 2.75) is 59.5 Å². The quantitative estimate of drug-likeness (QED) is 0.666. The Labute approximate surface area is 89.2 Å². The second-order valence-corrected chi connectivity index (χ2v) is 5.10. The minimum Gasteiger partial charge on any atom is -0.378 e. The Morgan fingerprint density at radius 1 is 1.21 bits per heavy atom. The van der Waals surface area contributed by atoms with Gasteiger partial charge in [-0.1, -0.05) is 40.0 Å². The summed E-state index contributed by atoms with van der Waals surface area (Å²) >= 11 is 0. The third-order valence-electron chi connectivity index (χ3n) is 3.93. The van der Waals surface area contributed by atoms with Gasteiger partial charge in [0.1, 0.15) is 0 Å². The zero-order valence-electron chi connectivity index (χ0n) is 10.3. The molecular weight excluding hydrogens is 172 g/mol. The van der Waals surface area contributed by atoms with Gasteiger partial charge in [0.25, 0.3) is 0 Å². The molecule has 0 amide bonds. The normalized spacial score (nSPS) is 35.6. The predicted molar refractivity (Wildman–Crippen MR) is 61.4 cm³/mol. The monoisotopic (exact) mass is 198 g/mol. The molecule has 84 valence electrons. The van der Waals surface area contributed by atoms with Gasteiger partial charge in [0.2, 0.25) is 0 Å². The van der Waals surface area contributed by atoms with Crippen molar-refractivity contribution in [3.8, 4) is 0 Å². The van der Waals surface area contributed by atoms with Crippen LogP contribution in [0.25, 0.3) is 0 Å². The number of hydrogen-bond acceptors (Lipinski definition) is 1. The van der Waals surface area contributed by atoms with Crippen LogP contribution in [0.4, 0.5) is 0 Å². The molecule has 14 heavy (non-hydrogen) atoms. The summed E-state index contributed by atoms with van der Waals surface area (Å²) in [5.41, 5.74) is 0. The first-order chi connectivity index (χ1) is 6.65. The van der Waals surface area contributed by atoms with Gasteiger partial charge in [-0.05, 0) is 31.1 Å². The Kier molecular flexibility index (Phi) is 4.94. The highest BCUT2D eigenvalue weighted by Gasteiger charge is 2.27. The lowest BCUT2D eigenvalue weighted by atomic mass is 9.74. The van der Waals surface area contributed by atoms with Crippen molar-refractivity contribution >= 4 is 0 Å². The van der Waals surface area contributed by atoms with E-state index >= 15 is 0 Å². The zero-order valence-corrected chi connectivity index (χ0v) is 10.3. The van der Waals surface area contributed by atoms with E-state index in [1.54, 1.807) is 0 Å². The highest BCUT2D eigenvalue weighted by molar-refractivity contribution is 4.77. The Balaban J connectivity index is 2.32. The van der Waals surface area contributed by atoms with Crippen molar-refractivity contribution < 1.29 is 4.74 Å². The van der Waals surface area contributed by atoms with E-state index in [9.17, 15) is 0 Å². The average Bonchev–Trinajstić information content (AvgIpc) is 2.16. The SMILES string of the molecule is CCC(C)OC[C@H]1[C@H](C)CCC[C@@H]1C. The summed E-state index contributed by atoms with van der Waals surface area (Å²) in [5.74, 6) is 2.53. The fraction of sp³-hybridized carbons (Fsp3) is 1.00. The molecular formula is C13H26O. The third kappa shape index (κ3) is 3.27. The Morgan fingerprint density at radius 2 is 1.79 bits per heavy atom. The smallest absolute Gasteiger partial charge is 0.0544 e. The van der Waals surface area contributed by atoms with Crippen molar-refractivity contribution in [1.29, 1.82) is 0 Å². The second kappa shape index (κ2) is 5.75. The van der Waals surface area contributed by atoms with Gasteiger partial charge in [0.15, 0.2) is 0 Å². The Hall–Kier alpha value is -0.0400. The van der Waals surface area contributed by atoms with Crippen molar-refractivity contribution in [2.75, 3.05) is 6.61 Å². The first kappa shape index (κ1) is 12.0. The first-order valence-corrected chi connectivity index (χ1v) is 6.26. The van der Waals surface area contributed by atoms with Gasteiger partial charge in [-0.15, -0.1) is 0 Å². The molecule has 0 saturated heterocycles. The van der Waals surface area contributed by atoms with E-state index in [1.165, 1.54) is 19.3 Å². The standard InChI is InChI=1S/C13H26O/c1-5-12(4)14-9-13-10(2)7-6-8-11(13)3/h10-13H,5-9H2,1-4H3/t10-,11+,12?,13+. The van der Waals surface area contributed by atoms with Crippen LogP contribution in [0.15, 0.2) is 0 Å². The van der Waals surface area contributed by atoms with E-state index in [0.717, 1.165) is 30.8 Å². The summed E-state index contributed by atoms with van der Waals surface area (Å²) in [5, 5.41) is 0. The van der Waals surface area contributed by atoms with Crippen LogP contribution >= 0.6 is 0 Å². The maximum atomic E-state index is 5.87. The van der Waals surface area contributed by atoms with Gasteiger partial charge in [-0.25, -0.2) is 0 Å². The topological polar surface area (TPSA) is 9.23 Å². The summed E-state index contributed by atoms with van der Waals surface area (Å²) in [4.78, 5) is 0. The molecule has 1 heteroatoms. The van der Waals surface area contributed by atoms with E-state index in [-0.39, 0.29) is 0 Å². The molecule has 1 aliphatic rings. The molecule has 0 aromatic rings. The highest BCUT2D eigenvalue weighted by Crippen LogP contribution is 2.34. The molecule has 1 aliphatic carbocycles. The first-order valence-electron chi connectivity index (χ1n) is 6.26. The molecule has 0 aliphatic heterocycles. The molecule has 0 spiro atoms. The number of hydrogen-bond donors (Lipinski definition) is 0. The number of ether oxygens (including phenoxy) is 1. The molecule has 1 unspecified atom stereocenters. The van der Waals surface area contributed by atoms with Gasteiger partial charge in [-0.2, -0.15) is 0 Å². The van der Waals surface area contributed by atoms with Crippen LogP contribution in [0.3, 0.4) is 0 Å². The van der Waals surface area contributed by atoms with Gasteiger partial charge in [-0.3, -0.25) is 0 Å². The van der Waals surface area contributed by atoms with Crippen LogP contribution in [-0.2, 0) is 4.74 Å². The summed E-state index contributed by atoms with van der Waals surface area (Å²) in [7, 11) is 0. The maximum Gasteiger partial charge on any atom is 0.0544 e. The van der Waals surface area contributed by atoms with Crippen LogP contribution in [0.1, 0.15) is 53.4 Å². The zero-order chi connectivity index (χ0) is 10.6. The summed E-state index contributed by atoms with van der Waals surface area (Å²) in [6.45, 7) is 10.1. The molecule has 1 fully saturated rings. The highest BCUT2D eigenvalue weighted by atomic mass is 16.5. The lowest BCUT2D eigenvalue weighted by molar-refractivity contribution is -0.00261. The minimum absolute atomic E-state index is 0.441. The lowest BCUT2D eigenvalue weighted by Crippen LogP contribution is -2.30. The summed E-state index contributed by atoms with van der Waals surface area (Å²) < 4.78 is 5.87. The second-order valence-electron chi connectivity index (χ2n) is 5.10. The predicted octanol–water partition coefficient (Wildman–Crippen LogP) is 3.87. The van der Waals surface area contributed by atoms with Crippen LogP contribution in [-0.4, -0.2) is 12.7 Å². The number of rotatable bonds is 4. The minimum atomic E-state index is 0.441. The van der Waals surface area contributed by atoms with Gasteiger partial charge < -0.3 is 4.74 Å². The van der Waals surface area contributed by atoms with E-state index in [2.05, 4.69) is 27.7 Å². The molecule has 1 saturated carbocycles. The molecule has 0 radical (unpaired) electrons. The molecule has 0 heterocycles. The van der Waals surface area contributed by atoms with Crippen LogP contribution in [0, 0.1) is 17.8 Å². The van der Waals surface area contributed by atoms with E-state index in [0.29, 0.717) is 6.10 Å². The lowest BCUT2D eigenvalue weighted by Gasteiger charge is -2.35. The maximum absolute atomic E-state index is 5.87. The van der Waals surface area contributed by atoms with Gasteiger partial charge >= 0.3 is 0 Å². The largest absolute Gasteiger partial charge is 0.378 e. The Morgan fingerprint density at radius 3 is 2.29 bits per heavy atom. The van der Waals surface area contributed by atoms with Crippen molar-refractivity contribution in [3.05, 3.63) is 0 Å². The fourth-order valence-corrected chi connectivity index (χ4v) is 2.47. The molecule has 0 N–H and O–H groups in total. The molecule has 0 aromatic carbocycles. The van der Waals surface area contributed by atoms with E-state index in [1.807, 2.05) is 0 Å². The van der Waals surface area contributed by atoms with Crippen LogP contribution in [0.5, 0.6) is 0 Å². The average molecular weight is 198 g/mol. The van der Waals surface area contributed by atoms with Crippen molar-refractivity contribution in [2.24, 2.45) is 17.8 Å². The van der Waals surface area contributed by atoms with Crippen LogP contribution < -0.4 is 0 Å². The van der Waals surface area contributed by atoms with Crippen molar-refractivity contribution in [3.63, 3.8) is 0 Å². The summed E-state index contributed by atoms with van der Waals surface area (Å²) in [6, 6.07) is 0. The van der Waals surface area contributed by atoms with E-state index in [4.69, 9.17) is 4.74 Å². The van der Waals surface area contributed by atoms with Crippen LogP contribution in [0.2, 0.25) is 0 Å². The molecule has 0 bridgehead atoms. The van der Waals surface area contributed by atoms with Crippen molar-refractivity contribution in [1.82, 2.24) is 0 Å². The molecule has 1 nitrogen and oxygen atoms in total. The summed E-state index contributed by atoms with van der Waals surface area (Å²) in [6.07, 6.45) is 5.80. The Bertz CT molecular complexity index is 145. The molecule has 4 atom stereocenters. The third-order valence-corrected chi connectivity index (χ3v) is 3.93. The van der Waals surface area contributed by atoms with Gasteiger partial charge in [0.05, 0.1) is 12.7 Å². The van der Waals surface area contributed by atoms with Gasteiger partial charge in [0, 0.05) is 0 Å². The van der Waals surface area contributed by atoms with E-state index < -0.39 is 0 Å². The molecule has 1 rings (SSSR count). The fourth-order valence-electron chi connectivity index (χ4n) is 2.47.